The molecule has 1 aliphatic heterocycles. The zero-order valence-electron chi connectivity index (χ0n) is 9.77. The maximum absolute atomic E-state index is 10.1. The third kappa shape index (κ3) is 2.06. The van der Waals surface area contributed by atoms with Gasteiger partial charge in [0.1, 0.15) is 11.9 Å². The first-order valence-electron chi connectivity index (χ1n) is 5.72. The highest BCUT2D eigenvalue weighted by molar-refractivity contribution is 5.40. The molecule has 1 heterocycles. The molecule has 0 saturated heterocycles. The van der Waals surface area contributed by atoms with Gasteiger partial charge >= 0.3 is 0 Å². The number of rotatable bonds is 4. The molecule has 1 aromatic carbocycles. The first kappa shape index (κ1) is 11.4. The molecule has 16 heavy (non-hydrogen) atoms. The van der Waals surface area contributed by atoms with Crippen molar-refractivity contribution in [2.45, 2.75) is 32.0 Å². The van der Waals surface area contributed by atoms with E-state index in [1.807, 2.05) is 25.1 Å². The summed E-state index contributed by atoms with van der Waals surface area (Å²) in [5.41, 5.74) is 2.10. The summed E-state index contributed by atoms with van der Waals surface area (Å²) in [6, 6.07) is 5.87. The summed E-state index contributed by atoms with van der Waals surface area (Å²) >= 11 is 0. The Labute approximate surface area is 96.0 Å². The summed E-state index contributed by atoms with van der Waals surface area (Å²) in [5, 5.41) is 10.1. The van der Waals surface area contributed by atoms with E-state index in [-0.39, 0.29) is 6.10 Å². The van der Waals surface area contributed by atoms with Crippen molar-refractivity contribution in [3.05, 3.63) is 29.3 Å². The molecule has 1 N–H and O–H groups in total. The number of hydrogen-bond acceptors (Lipinski definition) is 3. The molecule has 0 aliphatic carbocycles. The fourth-order valence-corrected chi connectivity index (χ4v) is 2.12. The van der Waals surface area contributed by atoms with E-state index < -0.39 is 6.10 Å². The van der Waals surface area contributed by atoms with Gasteiger partial charge in [-0.25, -0.2) is 0 Å². The van der Waals surface area contributed by atoms with Crippen LogP contribution in [0.2, 0.25) is 0 Å². The molecular weight excluding hydrogens is 204 g/mol. The summed E-state index contributed by atoms with van der Waals surface area (Å²) in [7, 11) is 1.63. The molecule has 1 aliphatic rings. The highest BCUT2D eigenvalue weighted by atomic mass is 16.5. The maximum Gasteiger partial charge on any atom is 0.122 e. The SMILES string of the molecule is CCC(OC)C(O)c1ccc2c(c1)CCO2. The molecule has 0 saturated carbocycles. The molecular formula is C13H18O3. The fraction of sp³-hybridized carbons (Fsp3) is 0.538. The molecule has 0 bridgehead atoms. The number of hydrogen-bond donors (Lipinski definition) is 1. The Kier molecular flexibility index (Phi) is 3.46. The molecule has 0 amide bonds. The zero-order chi connectivity index (χ0) is 11.5. The predicted octanol–water partition coefficient (Wildman–Crippen LogP) is 2.08. The third-order valence-corrected chi connectivity index (χ3v) is 3.11. The minimum absolute atomic E-state index is 0.139. The summed E-state index contributed by atoms with van der Waals surface area (Å²) in [6.07, 6.45) is 1.03. The number of ether oxygens (including phenoxy) is 2. The normalized spacial score (nSPS) is 17.7. The Bertz CT molecular complexity index is 358. The molecule has 2 atom stereocenters. The van der Waals surface area contributed by atoms with Crippen LogP contribution in [0.5, 0.6) is 5.75 Å². The van der Waals surface area contributed by atoms with E-state index in [1.54, 1.807) is 7.11 Å². The Hall–Kier alpha value is -1.06. The van der Waals surface area contributed by atoms with Crippen LogP contribution in [-0.2, 0) is 11.2 Å². The van der Waals surface area contributed by atoms with E-state index in [4.69, 9.17) is 9.47 Å². The van der Waals surface area contributed by atoms with E-state index in [2.05, 4.69) is 0 Å². The van der Waals surface area contributed by atoms with Crippen molar-refractivity contribution in [2.75, 3.05) is 13.7 Å². The lowest BCUT2D eigenvalue weighted by Crippen LogP contribution is -2.19. The molecule has 0 radical (unpaired) electrons. The number of fused-ring (bicyclic) bond motifs is 1. The van der Waals surface area contributed by atoms with E-state index in [9.17, 15) is 5.11 Å². The first-order chi connectivity index (χ1) is 7.76. The highest BCUT2D eigenvalue weighted by Gasteiger charge is 2.21. The van der Waals surface area contributed by atoms with Crippen LogP contribution in [0.4, 0.5) is 0 Å². The van der Waals surface area contributed by atoms with Gasteiger partial charge in [0, 0.05) is 13.5 Å². The molecule has 2 rings (SSSR count). The second kappa shape index (κ2) is 4.85. The van der Waals surface area contributed by atoms with Crippen molar-refractivity contribution in [3.8, 4) is 5.75 Å². The number of aliphatic hydroxyl groups excluding tert-OH is 1. The fourth-order valence-electron chi connectivity index (χ4n) is 2.12. The van der Waals surface area contributed by atoms with Crippen LogP contribution in [0.15, 0.2) is 18.2 Å². The molecule has 0 aromatic heterocycles. The summed E-state index contributed by atoms with van der Waals surface area (Å²) in [5.74, 6) is 0.946. The van der Waals surface area contributed by atoms with Crippen molar-refractivity contribution in [1.82, 2.24) is 0 Å². The predicted molar refractivity (Wildman–Crippen MR) is 61.7 cm³/mol. The van der Waals surface area contributed by atoms with Crippen LogP contribution in [-0.4, -0.2) is 24.9 Å². The zero-order valence-corrected chi connectivity index (χ0v) is 9.77. The lowest BCUT2D eigenvalue weighted by molar-refractivity contribution is -0.0149. The molecule has 0 spiro atoms. The molecule has 3 heteroatoms. The van der Waals surface area contributed by atoms with Crippen molar-refractivity contribution < 1.29 is 14.6 Å². The maximum atomic E-state index is 10.1. The Balaban J connectivity index is 2.20. The van der Waals surface area contributed by atoms with E-state index in [0.717, 1.165) is 30.8 Å². The van der Waals surface area contributed by atoms with Gasteiger partial charge in [-0.1, -0.05) is 13.0 Å². The molecule has 88 valence electrons. The molecule has 2 unspecified atom stereocenters. The standard InChI is InChI=1S/C13H18O3/c1-3-11(15-2)13(14)10-4-5-12-9(8-10)6-7-16-12/h4-5,8,11,13-14H,3,6-7H2,1-2H3. The largest absolute Gasteiger partial charge is 0.493 e. The number of aliphatic hydroxyl groups is 1. The van der Waals surface area contributed by atoms with Crippen LogP contribution in [0, 0.1) is 0 Å². The van der Waals surface area contributed by atoms with Crippen molar-refractivity contribution in [3.63, 3.8) is 0 Å². The van der Waals surface area contributed by atoms with Crippen molar-refractivity contribution in [2.24, 2.45) is 0 Å². The minimum Gasteiger partial charge on any atom is -0.493 e. The molecule has 3 nitrogen and oxygen atoms in total. The molecule has 1 aromatic rings. The Morgan fingerprint density at radius 2 is 2.31 bits per heavy atom. The van der Waals surface area contributed by atoms with Crippen molar-refractivity contribution in [1.29, 1.82) is 0 Å². The Morgan fingerprint density at radius 1 is 1.50 bits per heavy atom. The Morgan fingerprint density at radius 3 is 3.00 bits per heavy atom. The van der Waals surface area contributed by atoms with Crippen LogP contribution in [0.1, 0.15) is 30.6 Å². The van der Waals surface area contributed by atoms with Gasteiger partial charge in [0.2, 0.25) is 0 Å². The van der Waals surface area contributed by atoms with Gasteiger partial charge in [-0.05, 0) is 29.7 Å². The molecule has 0 fully saturated rings. The summed E-state index contributed by atoms with van der Waals surface area (Å²) < 4.78 is 10.7. The lowest BCUT2D eigenvalue weighted by Gasteiger charge is -2.20. The quantitative estimate of drug-likeness (QED) is 0.847. The van der Waals surface area contributed by atoms with Crippen LogP contribution < -0.4 is 4.74 Å². The van der Waals surface area contributed by atoms with Gasteiger partial charge in [0.05, 0.1) is 12.7 Å². The highest BCUT2D eigenvalue weighted by Crippen LogP contribution is 2.30. The van der Waals surface area contributed by atoms with Gasteiger partial charge in [0.15, 0.2) is 0 Å². The third-order valence-electron chi connectivity index (χ3n) is 3.11. The summed E-state index contributed by atoms with van der Waals surface area (Å²) in [6.45, 7) is 2.75. The lowest BCUT2D eigenvalue weighted by atomic mass is 9.99. The smallest absolute Gasteiger partial charge is 0.122 e. The average molecular weight is 222 g/mol. The van der Waals surface area contributed by atoms with Crippen LogP contribution >= 0.6 is 0 Å². The second-order valence-electron chi connectivity index (χ2n) is 4.09. The van der Waals surface area contributed by atoms with Gasteiger partial charge in [0.25, 0.3) is 0 Å². The summed E-state index contributed by atoms with van der Waals surface area (Å²) in [4.78, 5) is 0. The van der Waals surface area contributed by atoms with Gasteiger partial charge < -0.3 is 14.6 Å². The number of benzene rings is 1. The van der Waals surface area contributed by atoms with E-state index in [0.29, 0.717) is 0 Å². The van der Waals surface area contributed by atoms with E-state index in [1.165, 1.54) is 5.56 Å². The second-order valence-corrected chi connectivity index (χ2v) is 4.09. The monoisotopic (exact) mass is 222 g/mol. The van der Waals surface area contributed by atoms with Gasteiger partial charge in [-0.2, -0.15) is 0 Å². The minimum atomic E-state index is -0.555. The van der Waals surface area contributed by atoms with Gasteiger partial charge in [-0.3, -0.25) is 0 Å². The van der Waals surface area contributed by atoms with E-state index >= 15 is 0 Å². The van der Waals surface area contributed by atoms with Gasteiger partial charge in [-0.15, -0.1) is 0 Å². The van der Waals surface area contributed by atoms with Crippen molar-refractivity contribution >= 4 is 0 Å². The topological polar surface area (TPSA) is 38.7 Å². The first-order valence-corrected chi connectivity index (χ1v) is 5.72. The average Bonchev–Trinajstić information content (AvgIpc) is 2.77. The van der Waals surface area contributed by atoms with Crippen LogP contribution in [0.25, 0.3) is 0 Å². The van der Waals surface area contributed by atoms with Crippen LogP contribution in [0.3, 0.4) is 0 Å². The number of methoxy groups -OCH3 is 1.